The summed E-state index contributed by atoms with van der Waals surface area (Å²) in [5, 5.41) is 0.568. The van der Waals surface area contributed by atoms with Crippen LogP contribution in [0.2, 0.25) is 5.02 Å². The van der Waals surface area contributed by atoms with Gasteiger partial charge in [-0.2, -0.15) is 0 Å². The number of ether oxygens (including phenoxy) is 1. The molecule has 0 radical (unpaired) electrons. The Hall–Kier alpha value is -1.74. The molecule has 1 aromatic carbocycles. The van der Waals surface area contributed by atoms with Gasteiger partial charge in [0, 0.05) is 5.56 Å². The SMILES string of the molecule is O=Cc1ccc(-c2ccc(OC3CCCC3)c(Cl)c2)o1. The predicted octanol–water partition coefficient (Wildman–Crippen LogP) is 4.73. The summed E-state index contributed by atoms with van der Waals surface area (Å²) in [7, 11) is 0. The third-order valence-corrected chi connectivity index (χ3v) is 3.85. The largest absolute Gasteiger partial charge is 0.489 e. The van der Waals surface area contributed by atoms with Crippen LogP contribution < -0.4 is 4.74 Å². The molecule has 1 aromatic heterocycles. The van der Waals surface area contributed by atoms with Crippen LogP contribution in [0.15, 0.2) is 34.7 Å². The smallest absolute Gasteiger partial charge is 0.185 e. The van der Waals surface area contributed by atoms with Crippen LogP contribution in [0.1, 0.15) is 36.2 Å². The molecule has 1 aliphatic rings. The molecule has 0 N–H and O–H groups in total. The first-order chi connectivity index (χ1) is 9.76. The highest BCUT2D eigenvalue weighted by Gasteiger charge is 2.18. The Bertz CT molecular complexity index is 612. The Kier molecular flexibility index (Phi) is 3.79. The van der Waals surface area contributed by atoms with E-state index < -0.39 is 0 Å². The third-order valence-electron chi connectivity index (χ3n) is 3.56. The van der Waals surface area contributed by atoms with Crippen LogP contribution in [0.3, 0.4) is 0 Å². The lowest BCUT2D eigenvalue weighted by atomic mass is 10.1. The fourth-order valence-corrected chi connectivity index (χ4v) is 2.73. The zero-order chi connectivity index (χ0) is 13.9. The van der Waals surface area contributed by atoms with Gasteiger partial charge < -0.3 is 9.15 Å². The summed E-state index contributed by atoms with van der Waals surface area (Å²) in [5.41, 5.74) is 0.835. The number of carbonyl (C=O) groups excluding carboxylic acids is 1. The van der Waals surface area contributed by atoms with Crippen molar-refractivity contribution in [2.24, 2.45) is 0 Å². The average Bonchev–Trinajstić information content (AvgIpc) is 3.12. The number of rotatable bonds is 4. The van der Waals surface area contributed by atoms with Crippen molar-refractivity contribution in [1.82, 2.24) is 0 Å². The normalized spacial score (nSPS) is 15.4. The van der Waals surface area contributed by atoms with Crippen LogP contribution >= 0.6 is 11.6 Å². The molecule has 1 heterocycles. The number of furan rings is 1. The number of benzene rings is 1. The second kappa shape index (κ2) is 5.71. The van der Waals surface area contributed by atoms with Gasteiger partial charge in [-0.25, -0.2) is 0 Å². The van der Waals surface area contributed by atoms with E-state index in [0.29, 0.717) is 28.6 Å². The molecule has 0 unspecified atom stereocenters. The van der Waals surface area contributed by atoms with Gasteiger partial charge in [0.05, 0.1) is 11.1 Å². The summed E-state index contributed by atoms with van der Waals surface area (Å²) in [4.78, 5) is 10.6. The number of hydrogen-bond donors (Lipinski definition) is 0. The molecular weight excluding hydrogens is 276 g/mol. The fourth-order valence-electron chi connectivity index (χ4n) is 2.51. The molecule has 1 aliphatic carbocycles. The van der Waals surface area contributed by atoms with Crippen LogP contribution in [0.4, 0.5) is 0 Å². The van der Waals surface area contributed by atoms with E-state index in [9.17, 15) is 4.79 Å². The first kappa shape index (κ1) is 13.3. The van der Waals surface area contributed by atoms with Gasteiger partial charge in [0.25, 0.3) is 0 Å². The quantitative estimate of drug-likeness (QED) is 0.764. The van der Waals surface area contributed by atoms with Gasteiger partial charge >= 0.3 is 0 Å². The van der Waals surface area contributed by atoms with Crippen molar-refractivity contribution >= 4 is 17.9 Å². The lowest BCUT2D eigenvalue weighted by Gasteiger charge is -2.14. The van der Waals surface area contributed by atoms with Crippen LogP contribution in [0.25, 0.3) is 11.3 Å². The Morgan fingerprint density at radius 3 is 2.65 bits per heavy atom. The van der Waals surface area contributed by atoms with E-state index in [2.05, 4.69) is 0 Å². The molecule has 0 amide bonds. The Labute approximate surface area is 122 Å². The van der Waals surface area contributed by atoms with Gasteiger partial charge in [-0.05, 0) is 56.0 Å². The van der Waals surface area contributed by atoms with E-state index in [0.717, 1.165) is 18.4 Å². The molecule has 3 nitrogen and oxygen atoms in total. The van der Waals surface area contributed by atoms with E-state index in [4.69, 9.17) is 20.8 Å². The number of halogens is 1. The van der Waals surface area contributed by atoms with Crippen LogP contribution in [0, 0.1) is 0 Å². The van der Waals surface area contributed by atoms with Crippen LogP contribution in [-0.2, 0) is 0 Å². The minimum atomic E-state index is 0.281. The highest BCUT2D eigenvalue weighted by molar-refractivity contribution is 6.32. The fraction of sp³-hybridized carbons (Fsp3) is 0.312. The van der Waals surface area contributed by atoms with Crippen molar-refractivity contribution in [1.29, 1.82) is 0 Å². The topological polar surface area (TPSA) is 39.4 Å². The van der Waals surface area contributed by atoms with Gasteiger partial charge in [-0.15, -0.1) is 0 Å². The minimum absolute atomic E-state index is 0.281. The molecule has 0 atom stereocenters. The standard InChI is InChI=1S/C16H15ClO3/c17-14-9-11(15-8-6-13(10-18)20-15)5-7-16(14)19-12-3-1-2-4-12/h5-10,12H,1-4H2. The average molecular weight is 291 g/mol. The zero-order valence-electron chi connectivity index (χ0n) is 11.0. The molecule has 1 fully saturated rings. The van der Waals surface area contributed by atoms with Crippen LogP contribution in [0.5, 0.6) is 5.75 Å². The van der Waals surface area contributed by atoms with E-state index in [1.54, 1.807) is 18.2 Å². The second-order valence-corrected chi connectivity index (χ2v) is 5.40. The summed E-state index contributed by atoms with van der Waals surface area (Å²) < 4.78 is 11.3. The summed E-state index contributed by atoms with van der Waals surface area (Å²) in [6, 6.07) is 8.95. The number of carbonyl (C=O) groups is 1. The summed E-state index contributed by atoms with van der Waals surface area (Å²) >= 11 is 6.26. The summed E-state index contributed by atoms with van der Waals surface area (Å²) in [6.45, 7) is 0. The molecule has 0 aliphatic heterocycles. The number of hydrogen-bond acceptors (Lipinski definition) is 3. The summed E-state index contributed by atoms with van der Waals surface area (Å²) in [6.07, 6.45) is 5.60. The van der Waals surface area contributed by atoms with Crippen molar-refractivity contribution in [2.45, 2.75) is 31.8 Å². The monoisotopic (exact) mass is 290 g/mol. The zero-order valence-corrected chi connectivity index (χ0v) is 11.7. The van der Waals surface area contributed by atoms with Crippen molar-refractivity contribution in [3.05, 3.63) is 41.1 Å². The van der Waals surface area contributed by atoms with Gasteiger partial charge in [-0.3, -0.25) is 4.79 Å². The van der Waals surface area contributed by atoms with E-state index in [-0.39, 0.29) is 6.10 Å². The molecule has 20 heavy (non-hydrogen) atoms. The van der Waals surface area contributed by atoms with Gasteiger partial charge in [-0.1, -0.05) is 11.6 Å². The first-order valence-electron chi connectivity index (χ1n) is 6.78. The summed E-state index contributed by atoms with van der Waals surface area (Å²) in [5.74, 6) is 1.65. The molecule has 0 spiro atoms. The lowest BCUT2D eigenvalue weighted by molar-refractivity contribution is 0.110. The van der Waals surface area contributed by atoms with Crippen LogP contribution in [-0.4, -0.2) is 12.4 Å². The van der Waals surface area contributed by atoms with E-state index in [1.807, 2.05) is 12.1 Å². The molecule has 3 rings (SSSR count). The Morgan fingerprint density at radius 2 is 2.00 bits per heavy atom. The second-order valence-electron chi connectivity index (χ2n) is 4.99. The highest BCUT2D eigenvalue weighted by atomic mass is 35.5. The highest BCUT2D eigenvalue weighted by Crippen LogP contribution is 2.33. The lowest BCUT2D eigenvalue weighted by Crippen LogP contribution is -2.10. The van der Waals surface area contributed by atoms with Crippen molar-refractivity contribution in [2.75, 3.05) is 0 Å². The Balaban J connectivity index is 1.80. The molecule has 0 saturated heterocycles. The molecule has 2 aromatic rings. The third kappa shape index (κ3) is 2.73. The molecule has 1 saturated carbocycles. The maximum atomic E-state index is 10.6. The molecule has 4 heteroatoms. The van der Waals surface area contributed by atoms with Crippen molar-refractivity contribution in [3.63, 3.8) is 0 Å². The first-order valence-corrected chi connectivity index (χ1v) is 7.15. The van der Waals surface area contributed by atoms with E-state index >= 15 is 0 Å². The molecular formula is C16H15ClO3. The van der Waals surface area contributed by atoms with Gasteiger partial charge in [0.2, 0.25) is 0 Å². The van der Waals surface area contributed by atoms with Gasteiger partial charge in [0.1, 0.15) is 11.5 Å². The minimum Gasteiger partial charge on any atom is -0.489 e. The van der Waals surface area contributed by atoms with Crippen molar-refractivity contribution < 1.29 is 13.9 Å². The Morgan fingerprint density at radius 1 is 1.20 bits per heavy atom. The van der Waals surface area contributed by atoms with Gasteiger partial charge in [0.15, 0.2) is 12.0 Å². The predicted molar refractivity (Wildman–Crippen MR) is 77.4 cm³/mol. The number of aldehydes is 1. The van der Waals surface area contributed by atoms with Crippen molar-refractivity contribution in [3.8, 4) is 17.1 Å². The maximum absolute atomic E-state index is 10.6. The molecule has 0 bridgehead atoms. The maximum Gasteiger partial charge on any atom is 0.185 e. The molecule has 104 valence electrons. The van der Waals surface area contributed by atoms with E-state index in [1.165, 1.54) is 12.8 Å².